The summed E-state index contributed by atoms with van der Waals surface area (Å²) in [7, 11) is 3.13. The number of nitriles is 1. The van der Waals surface area contributed by atoms with Crippen molar-refractivity contribution in [1.82, 2.24) is 0 Å². The van der Waals surface area contributed by atoms with Gasteiger partial charge in [-0.1, -0.05) is 24.4 Å². The first kappa shape index (κ1) is 15.1. The van der Waals surface area contributed by atoms with Crippen LogP contribution in [-0.2, 0) is 0 Å². The molecule has 114 valence electrons. The molecule has 3 aromatic rings. The summed E-state index contributed by atoms with van der Waals surface area (Å²) in [6.45, 7) is 0. The molecule has 23 heavy (non-hydrogen) atoms. The molecule has 0 N–H and O–H groups in total. The number of benzene rings is 2. The van der Waals surface area contributed by atoms with Gasteiger partial charge in [0.15, 0.2) is 17.3 Å². The number of nitrogens with zero attached hydrogens (tertiary/aromatic N) is 1. The minimum atomic E-state index is 0.339. The number of rotatable bonds is 3. The van der Waals surface area contributed by atoms with Gasteiger partial charge in [-0.05, 0) is 30.3 Å². The minimum Gasteiger partial charge on any atom is -0.493 e. The zero-order valence-corrected chi connectivity index (χ0v) is 13.4. The van der Waals surface area contributed by atoms with Gasteiger partial charge >= 0.3 is 0 Å². The van der Waals surface area contributed by atoms with E-state index in [1.807, 2.05) is 30.3 Å². The van der Waals surface area contributed by atoms with E-state index in [1.54, 1.807) is 26.4 Å². The molecular formula is C18H13NO3S. The molecule has 4 nitrogen and oxygen atoms in total. The molecule has 0 saturated heterocycles. The fourth-order valence-corrected chi connectivity index (χ4v) is 2.73. The first-order chi connectivity index (χ1) is 11.2. The van der Waals surface area contributed by atoms with Crippen LogP contribution in [0.2, 0.25) is 0 Å². The van der Waals surface area contributed by atoms with Crippen LogP contribution < -0.4 is 9.47 Å². The molecule has 0 radical (unpaired) electrons. The Bertz CT molecular complexity index is 986. The summed E-state index contributed by atoms with van der Waals surface area (Å²) in [6, 6.07) is 14.9. The first-order valence-electron chi connectivity index (χ1n) is 6.88. The van der Waals surface area contributed by atoms with Crippen molar-refractivity contribution in [3.63, 3.8) is 0 Å². The number of hydrogen-bond acceptors (Lipinski definition) is 5. The van der Waals surface area contributed by atoms with Crippen LogP contribution in [-0.4, -0.2) is 14.2 Å². The molecule has 0 atom stereocenters. The zero-order chi connectivity index (χ0) is 16.4. The Labute approximate surface area is 138 Å². The van der Waals surface area contributed by atoms with Crippen molar-refractivity contribution in [1.29, 1.82) is 5.26 Å². The van der Waals surface area contributed by atoms with E-state index in [1.165, 1.54) is 0 Å². The highest BCUT2D eigenvalue weighted by Crippen LogP contribution is 2.35. The van der Waals surface area contributed by atoms with Crippen LogP contribution in [0.3, 0.4) is 0 Å². The monoisotopic (exact) mass is 323 g/mol. The SMILES string of the molecule is COc1ccc(-c2oc3ccccc3c(=S)c2C#N)cc1OC. The van der Waals surface area contributed by atoms with E-state index in [2.05, 4.69) is 6.07 Å². The second kappa shape index (κ2) is 6.11. The lowest BCUT2D eigenvalue weighted by Crippen LogP contribution is -1.93. The van der Waals surface area contributed by atoms with Gasteiger partial charge < -0.3 is 13.9 Å². The summed E-state index contributed by atoms with van der Waals surface area (Å²) in [5.41, 5.74) is 1.68. The normalized spacial score (nSPS) is 10.3. The van der Waals surface area contributed by atoms with Gasteiger partial charge in [0.2, 0.25) is 0 Å². The summed E-state index contributed by atoms with van der Waals surface area (Å²) in [4.78, 5) is 0. The molecule has 2 aromatic carbocycles. The Morgan fingerprint density at radius 2 is 1.78 bits per heavy atom. The van der Waals surface area contributed by atoms with Gasteiger partial charge in [-0.15, -0.1) is 0 Å². The predicted molar refractivity (Wildman–Crippen MR) is 90.3 cm³/mol. The summed E-state index contributed by atoms with van der Waals surface area (Å²) in [5, 5.41) is 10.3. The van der Waals surface area contributed by atoms with Crippen molar-refractivity contribution in [2.45, 2.75) is 0 Å². The van der Waals surface area contributed by atoms with Gasteiger partial charge in [0.1, 0.15) is 17.2 Å². The average Bonchev–Trinajstić information content (AvgIpc) is 2.61. The van der Waals surface area contributed by atoms with Gasteiger partial charge in [-0.3, -0.25) is 0 Å². The lowest BCUT2D eigenvalue weighted by atomic mass is 10.1. The maximum Gasteiger partial charge on any atom is 0.161 e. The second-order valence-electron chi connectivity index (χ2n) is 4.81. The van der Waals surface area contributed by atoms with E-state index in [0.717, 1.165) is 5.39 Å². The third-order valence-electron chi connectivity index (χ3n) is 3.56. The molecule has 0 saturated carbocycles. The largest absolute Gasteiger partial charge is 0.493 e. The van der Waals surface area contributed by atoms with Gasteiger partial charge in [-0.25, -0.2) is 0 Å². The standard InChI is InChI=1S/C18H13NO3S/c1-20-15-8-7-11(9-16(15)21-2)17-13(10-19)18(23)12-5-3-4-6-14(12)22-17/h3-9H,1-2H3. The molecule has 3 rings (SSSR count). The van der Waals surface area contributed by atoms with Crippen LogP contribution in [0.5, 0.6) is 11.5 Å². The third-order valence-corrected chi connectivity index (χ3v) is 3.98. The molecule has 0 fully saturated rings. The third kappa shape index (κ3) is 2.54. The molecule has 1 heterocycles. The molecule has 5 heteroatoms. The Balaban J connectivity index is 2.32. The molecule has 0 aliphatic heterocycles. The lowest BCUT2D eigenvalue weighted by Gasteiger charge is -2.11. The van der Waals surface area contributed by atoms with Crippen LogP contribution in [0, 0.1) is 15.8 Å². The van der Waals surface area contributed by atoms with Crippen molar-refractivity contribution in [3.8, 4) is 28.9 Å². The Hall–Kier alpha value is -2.84. The highest BCUT2D eigenvalue weighted by molar-refractivity contribution is 7.71. The summed E-state index contributed by atoms with van der Waals surface area (Å²) < 4.78 is 17.0. The predicted octanol–water partition coefficient (Wildman–Crippen LogP) is 4.72. The molecule has 0 unspecified atom stereocenters. The highest BCUT2D eigenvalue weighted by Gasteiger charge is 2.15. The van der Waals surface area contributed by atoms with E-state index in [0.29, 0.717) is 38.5 Å². The van der Waals surface area contributed by atoms with Crippen molar-refractivity contribution in [3.05, 3.63) is 52.5 Å². The van der Waals surface area contributed by atoms with Gasteiger partial charge in [0, 0.05) is 10.9 Å². The summed E-state index contributed by atoms with van der Waals surface area (Å²) in [6.07, 6.45) is 0. The van der Waals surface area contributed by atoms with Gasteiger partial charge in [0.05, 0.1) is 18.7 Å². The van der Waals surface area contributed by atoms with Crippen molar-refractivity contribution in [2.24, 2.45) is 0 Å². The number of methoxy groups -OCH3 is 2. The van der Waals surface area contributed by atoms with Crippen molar-refractivity contribution < 1.29 is 13.9 Å². The number of hydrogen-bond donors (Lipinski definition) is 0. The fraction of sp³-hybridized carbons (Fsp3) is 0.111. The van der Waals surface area contributed by atoms with E-state index < -0.39 is 0 Å². The highest BCUT2D eigenvalue weighted by atomic mass is 32.1. The summed E-state index contributed by atoms with van der Waals surface area (Å²) in [5.74, 6) is 1.59. The molecule has 1 aromatic heterocycles. The number of fused-ring (bicyclic) bond motifs is 1. The lowest BCUT2D eigenvalue weighted by molar-refractivity contribution is 0.355. The summed E-state index contributed by atoms with van der Waals surface area (Å²) >= 11 is 5.45. The molecule has 0 bridgehead atoms. The van der Waals surface area contributed by atoms with E-state index >= 15 is 0 Å². The first-order valence-corrected chi connectivity index (χ1v) is 7.28. The van der Waals surface area contributed by atoms with Gasteiger partial charge in [0.25, 0.3) is 0 Å². The minimum absolute atomic E-state index is 0.339. The average molecular weight is 323 g/mol. The van der Waals surface area contributed by atoms with E-state index in [9.17, 15) is 5.26 Å². The van der Waals surface area contributed by atoms with Crippen LogP contribution in [0.25, 0.3) is 22.3 Å². The van der Waals surface area contributed by atoms with Crippen LogP contribution >= 0.6 is 12.2 Å². The smallest absolute Gasteiger partial charge is 0.161 e. The fourth-order valence-electron chi connectivity index (χ4n) is 2.42. The van der Waals surface area contributed by atoms with Crippen LogP contribution in [0.15, 0.2) is 46.9 Å². The Kier molecular flexibility index (Phi) is 4.00. The number of ether oxygens (including phenoxy) is 2. The maximum atomic E-state index is 9.51. The van der Waals surface area contributed by atoms with Gasteiger partial charge in [-0.2, -0.15) is 5.26 Å². The molecule has 0 aliphatic rings. The Morgan fingerprint density at radius 1 is 1.04 bits per heavy atom. The zero-order valence-electron chi connectivity index (χ0n) is 12.6. The molecule has 0 aliphatic carbocycles. The number of para-hydroxylation sites is 1. The Morgan fingerprint density at radius 3 is 2.48 bits per heavy atom. The van der Waals surface area contributed by atoms with E-state index in [4.69, 9.17) is 26.1 Å². The quantitative estimate of drug-likeness (QED) is 0.653. The van der Waals surface area contributed by atoms with Crippen LogP contribution in [0.1, 0.15) is 5.56 Å². The van der Waals surface area contributed by atoms with E-state index in [-0.39, 0.29) is 0 Å². The maximum absolute atomic E-state index is 9.51. The van der Waals surface area contributed by atoms with Crippen LogP contribution in [0.4, 0.5) is 0 Å². The molecule has 0 amide bonds. The second-order valence-corrected chi connectivity index (χ2v) is 5.22. The molecule has 0 spiro atoms. The topological polar surface area (TPSA) is 55.4 Å². The van der Waals surface area contributed by atoms with Crippen molar-refractivity contribution >= 4 is 23.2 Å². The van der Waals surface area contributed by atoms with Crippen molar-refractivity contribution in [2.75, 3.05) is 14.2 Å². The molecular weight excluding hydrogens is 310 g/mol.